The first-order valence-electron chi connectivity index (χ1n) is 12.0. The van der Waals surface area contributed by atoms with Crippen LogP contribution in [0.25, 0.3) is 0 Å². The van der Waals surface area contributed by atoms with Gasteiger partial charge in [0.15, 0.2) is 5.11 Å². The number of carbonyl (C=O) groups is 2. The van der Waals surface area contributed by atoms with Crippen LogP contribution in [0.15, 0.2) is 72.8 Å². The van der Waals surface area contributed by atoms with Crippen LogP contribution in [0.1, 0.15) is 66.8 Å². The monoisotopic (exact) mass is 503 g/mol. The van der Waals surface area contributed by atoms with E-state index in [1.54, 1.807) is 42.5 Å². The lowest BCUT2D eigenvalue weighted by Crippen LogP contribution is -2.34. The standard InChI is InChI=1S/C29H33N3O3S/c1-5-6-17-35-25-12-7-9-21(18-25)27(34)32-28(36)31-24-11-8-10-23(19-24)30-26(33)20-13-15-22(16-14-20)29(2,3)4/h7-16,18-19H,5-6,17H2,1-4H3,(H,30,33)(H2,31,32,34,36). The van der Waals surface area contributed by atoms with E-state index in [0.717, 1.165) is 18.4 Å². The Kier molecular flexibility index (Phi) is 9.19. The number of unbranched alkanes of at least 4 members (excludes halogenated alkanes) is 1. The van der Waals surface area contributed by atoms with E-state index in [1.165, 1.54) is 0 Å². The van der Waals surface area contributed by atoms with E-state index in [0.29, 0.717) is 34.9 Å². The van der Waals surface area contributed by atoms with Gasteiger partial charge in [0, 0.05) is 22.5 Å². The number of hydrogen-bond acceptors (Lipinski definition) is 4. The topological polar surface area (TPSA) is 79.5 Å². The summed E-state index contributed by atoms with van der Waals surface area (Å²) in [6, 6.07) is 21.7. The molecule has 0 aliphatic heterocycles. The van der Waals surface area contributed by atoms with Crippen LogP contribution in [-0.2, 0) is 5.41 Å². The Morgan fingerprint density at radius 2 is 1.50 bits per heavy atom. The van der Waals surface area contributed by atoms with E-state index in [1.807, 2.05) is 30.3 Å². The van der Waals surface area contributed by atoms with Crippen molar-refractivity contribution in [2.45, 2.75) is 46.0 Å². The molecule has 188 valence electrons. The maximum Gasteiger partial charge on any atom is 0.257 e. The van der Waals surface area contributed by atoms with Crippen LogP contribution in [0, 0.1) is 0 Å². The fourth-order valence-electron chi connectivity index (χ4n) is 3.40. The van der Waals surface area contributed by atoms with E-state index in [-0.39, 0.29) is 22.3 Å². The molecule has 0 radical (unpaired) electrons. The molecule has 0 atom stereocenters. The predicted octanol–water partition coefficient (Wildman–Crippen LogP) is 6.54. The van der Waals surface area contributed by atoms with Crippen molar-refractivity contribution in [2.75, 3.05) is 17.2 Å². The molecule has 0 spiro atoms. The Labute approximate surface area is 218 Å². The fourth-order valence-corrected chi connectivity index (χ4v) is 3.61. The molecule has 0 aliphatic carbocycles. The quantitative estimate of drug-likeness (QED) is 0.240. The molecular weight excluding hydrogens is 470 g/mol. The molecule has 0 bridgehead atoms. The number of ether oxygens (including phenoxy) is 1. The number of rotatable bonds is 8. The van der Waals surface area contributed by atoms with Gasteiger partial charge < -0.3 is 15.4 Å². The predicted molar refractivity (Wildman–Crippen MR) is 150 cm³/mol. The van der Waals surface area contributed by atoms with E-state index < -0.39 is 0 Å². The number of anilines is 2. The highest BCUT2D eigenvalue weighted by atomic mass is 32.1. The Bertz CT molecular complexity index is 1220. The normalized spacial score (nSPS) is 10.9. The number of nitrogens with one attached hydrogen (secondary N) is 3. The molecule has 3 N–H and O–H groups in total. The molecule has 0 heterocycles. The molecular formula is C29H33N3O3S. The molecule has 2 amide bonds. The number of carbonyl (C=O) groups excluding carboxylic acids is 2. The van der Waals surface area contributed by atoms with Crippen LogP contribution in [0.3, 0.4) is 0 Å². The van der Waals surface area contributed by atoms with Crippen molar-refractivity contribution in [3.05, 3.63) is 89.5 Å². The zero-order valence-corrected chi connectivity index (χ0v) is 22.0. The van der Waals surface area contributed by atoms with Crippen molar-refractivity contribution >= 4 is 40.5 Å². The zero-order chi connectivity index (χ0) is 26.1. The van der Waals surface area contributed by atoms with Crippen molar-refractivity contribution in [3.8, 4) is 5.75 Å². The number of benzene rings is 3. The molecule has 6 nitrogen and oxygen atoms in total. The molecule has 0 saturated carbocycles. The number of amides is 2. The van der Waals surface area contributed by atoms with E-state index in [4.69, 9.17) is 17.0 Å². The van der Waals surface area contributed by atoms with Crippen LogP contribution in [0.2, 0.25) is 0 Å². The summed E-state index contributed by atoms with van der Waals surface area (Å²) >= 11 is 5.32. The van der Waals surface area contributed by atoms with Crippen LogP contribution >= 0.6 is 12.2 Å². The Morgan fingerprint density at radius 3 is 2.17 bits per heavy atom. The summed E-state index contributed by atoms with van der Waals surface area (Å²) in [6.07, 6.45) is 1.99. The molecule has 0 saturated heterocycles. The molecule has 36 heavy (non-hydrogen) atoms. The van der Waals surface area contributed by atoms with Gasteiger partial charge in [-0.1, -0.05) is 58.4 Å². The Balaban J connectivity index is 1.57. The smallest absolute Gasteiger partial charge is 0.257 e. The molecule has 0 unspecified atom stereocenters. The van der Waals surface area contributed by atoms with E-state index in [9.17, 15) is 9.59 Å². The molecule has 3 aromatic rings. The molecule has 0 aliphatic rings. The van der Waals surface area contributed by atoms with Crippen LogP contribution in [-0.4, -0.2) is 23.5 Å². The highest BCUT2D eigenvalue weighted by molar-refractivity contribution is 7.80. The summed E-state index contributed by atoms with van der Waals surface area (Å²) in [7, 11) is 0. The lowest BCUT2D eigenvalue weighted by Gasteiger charge is -2.19. The van der Waals surface area contributed by atoms with Gasteiger partial charge in [-0.2, -0.15) is 0 Å². The van der Waals surface area contributed by atoms with E-state index in [2.05, 4.69) is 43.6 Å². The van der Waals surface area contributed by atoms with Crippen LogP contribution in [0.5, 0.6) is 5.75 Å². The highest BCUT2D eigenvalue weighted by Crippen LogP contribution is 2.23. The molecule has 3 aromatic carbocycles. The van der Waals surface area contributed by atoms with Gasteiger partial charge in [-0.25, -0.2) is 0 Å². The van der Waals surface area contributed by atoms with E-state index >= 15 is 0 Å². The minimum Gasteiger partial charge on any atom is -0.494 e. The number of hydrogen-bond donors (Lipinski definition) is 3. The van der Waals surface area contributed by atoms with Gasteiger partial charge in [-0.3, -0.25) is 14.9 Å². The molecule has 7 heteroatoms. The van der Waals surface area contributed by atoms with Crippen molar-refractivity contribution < 1.29 is 14.3 Å². The Morgan fingerprint density at radius 1 is 0.833 bits per heavy atom. The summed E-state index contributed by atoms with van der Waals surface area (Å²) in [4.78, 5) is 25.3. The first-order chi connectivity index (χ1) is 17.2. The minimum absolute atomic E-state index is 0.0219. The van der Waals surface area contributed by atoms with Gasteiger partial charge >= 0.3 is 0 Å². The molecule has 0 aromatic heterocycles. The van der Waals surface area contributed by atoms with Crippen LogP contribution in [0.4, 0.5) is 11.4 Å². The van der Waals surface area contributed by atoms with Crippen molar-refractivity contribution in [1.82, 2.24) is 5.32 Å². The van der Waals surface area contributed by atoms with Gasteiger partial charge in [-0.05, 0) is 78.1 Å². The fraction of sp³-hybridized carbons (Fsp3) is 0.276. The summed E-state index contributed by atoms with van der Waals surface area (Å²) in [5.74, 6) is 0.104. The second-order valence-corrected chi connectivity index (χ2v) is 9.91. The van der Waals surface area contributed by atoms with Gasteiger partial charge in [-0.15, -0.1) is 0 Å². The van der Waals surface area contributed by atoms with Gasteiger partial charge in [0.1, 0.15) is 5.75 Å². The second-order valence-electron chi connectivity index (χ2n) is 9.50. The first-order valence-corrected chi connectivity index (χ1v) is 12.4. The second kappa shape index (κ2) is 12.3. The molecule has 3 rings (SSSR count). The average molecular weight is 504 g/mol. The SMILES string of the molecule is CCCCOc1cccc(C(=O)NC(=S)Nc2cccc(NC(=O)c3ccc(C(C)(C)C)cc3)c2)c1. The molecule has 0 fully saturated rings. The van der Waals surface area contributed by atoms with Gasteiger partial charge in [0.2, 0.25) is 0 Å². The summed E-state index contributed by atoms with van der Waals surface area (Å²) in [6.45, 7) is 9.10. The summed E-state index contributed by atoms with van der Waals surface area (Å²) < 4.78 is 5.67. The minimum atomic E-state index is -0.336. The Hall–Kier alpha value is -3.71. The highest BCUT2D eigenvalue weighted by Gasteiger charge is 2.15. The average Bonchev–Trinajstić information content (AvgIpc) is 2.84. The lowest BCUT2D eigenvalue weighted by atomic mass is 9.87. The van der Waals surface area contributed by atoms with Crippen molar-refractivity contribution in [1.29, 1.82) is 0 Å². The summed E-state index contributed by atoms with van der Waals surface area (Å²) in [5, 5.41) is 8.73. The zero-order valence-electron chi connectivity index (χ0n) is 21.2. The first kappa shape index (κ1) is 26.9. The summed E-state index contributed by atoms with van der Waals surface area (Å²) in [5.41, 5.74) is 3.45. The largest absolute Gasteiger partial charge is 0.494 e. The van der Waals surface area contributed by atoms with Gasteiger partial charge in [0.05, 0.1) is 6.61 Å². The number of thiocarbonyl (C=S) groups is 1. The third kappa shape index (κ3) is 7.92. The van der Waals surface area contributed by atoms with Crippen molar-refractivity contribution in [2.24, 2.45) is 0 Å². The van der Waals surface area contributed by atoms with Crippen molar-refractivity contribution in [3.63, 3.8) is 0 Å². The van der Waals surface area contributed by atoms with Crippen LogP contribution < -0.4 is 20.7 Å². The maximum atomic E-state index is 12.7. The third-order valence-corrected chi connectivity index (χ3v) is 5.69. The maximum absolute atomic E-state index is 12.7. The lowest BCUT2D eigenvalue weighted by molar-refractivity contribution is 0.0976. The van der Waals surface area contributed by atoms with Gasteiger partial charge in [0.25, 0.3) is 11.8 Å². The third-order valence-electron chi connectivity index (χ3n) is 5.48.